The molecule has 1 aliphatic rings. The summed E-state index contributed by atoms with van der Waals surface area (Å²) < 4.78 is 13.5. The lowest BCUT2D eigenvalue weighted by Crippen LogP contribution is -2.40. The first kappa shape index (κ1) is 24.5. The summed E-state index contributed by atoms with van der Waals surface area (Å²) in [5.74, 6) is 1.82. The van der Waals surface area contributed by atoms with Crippen molar-refractivity contribution in [3.05, 3.63) is 64.6 Å². The second-order valence-corrected chi connectivity index (χ2v) is 9.95. The highest BCUT2D eigenvalue weighted by molar-refractivity contribution is 6.05. The number of likely N-dealkylation sites (N-methyl/N-ethyl adjacent to an activating group) is 1. The van der Waals surface area contributed by atoms with Crippen molar-refractivity contribution in [2.45, 2.75) is 12.6 Å². The predicted octanol–water partition coefficient (Wildman–Crippen LogP) is 2.16. The smallest absolute Gasteiger partial charge is 0.270 e. The standard InChI is InChI=1S/C27H29N9O3/c1-34(2)12-15-4-7-17(8-5-15)36-25-19(23-22(26(36)37)24(29)33-32-23)11-30-27(31-25)35(3)13-18-14-38-21-10-16(28)6-9-20(21)39-18/h4-11,18H,12-14,28H2,1-3H3,(H3,29,32,33). The Morgan fingerprint density at radius 1 is 1.10 bits per heavy atom. The zero-order valence-corrected chi connectivity index (χ0v) is 21.9. The molecule has 0 fully saturated rings. The largest absolute Gasteiger partial charge is 0.486 e. The molecule has 39 heavy (non-hydrogen) atoms. The number of rotatable bonds is 6. The molecule has 0 saturated carbocycles. The quantitative estimate of drug-likeness (QED) is 0.280. The highest BCUT2D eigenvalue weighted by Crippen LogP contribution is 2.33. The Hall–Kier alpha value is -4.84. The van der Waals surface area contributed by atoms with E-state index in [-0.39, 0.29) is 17.5 Å². The number of H-pyrrole nitrogens is 1. The minimum Gasteiger partial charge on any atom is -0.486 e. The van der Waals surface area contributed by atoms with E-state index in [4.69, 9.17) is 25.9 Å². The number of fused-ring (bicyclic) bond motifs is 4. The number of aromatic nitrogens is 5. The third-order valence-corrected chi connectivity index (χ3v) is 6.65. The Morgan fingerprint density at radius 3 is 2.67 bits per heavy atom. The van der Waals surface area contributed by atoms with E-state index in [0.717, 1.165) is 12.1 Å². The minimum absolute atomic E-state index is 0.132. The van der Waals surface area contributed by atoms with Crippen molar-refractivity contribution in [2.75, 3.05) is 50.7 Å². The second-order valence-electron chi connectivity index (χ2n) is 9.95. The van der Waals surface area contributed by atoms with Crippen LogP contribution in [-0.2, 0) is 6.54 Å². The molecule has 1 unspecified atom stereocenters. The van der Waals surface area contributed by atoms with Gasteiger partial charge in [0.1, 0.15) is 12.0 Å². The van der Waals surface area contributed by atoms with E-state index >= 15 is 0 Å². The molecule has 0 bridgehead atoms. The molecule has 200 valence electrons. The summed E-state index contributed by atoms with van der Waals surface area (Å²) in [6.45, 7) is 1.59. The third-order valence-electron chi connectivity index (χ3n) is 6.65. The Labute approximate surface area is 223 Å². The van der Waals surface area contributed by atoms with Gasteiger partial charge in [-0.15, -0.1) is 0 Å². The zero-order chi connectivity index (χ0) is 27.3. The van der Waals surface area contributed by atoms with Gasteiger partial charge in [-0.3, -0.25) is 14.5 Å². The van der Waals surface area contributed by atoms with Gasteiger partial charge in [0.05, 0.1) is 23.1 Å². The van der Waals surface area contributed by atoms with Crippen LogP contribution in [0, 0.1) is 0 Å². The number of aromatic amines is 1. The van der Waals surface area contributed by atoms with Gasteiger partial charge in [-0.2, -0.15) is 10.1 Å². The number of pyridine rings is 1. The molecule has 5 N–H and O–H groups in total. The lowest BCUT2D eigenvalue weighted by atomic mass is 10.1. The molecule has 6 rings (SSSR count). The lowest BCUT2D eigenvalue weighted by Gasteiger charge is -2.29. The van der Waals surface area contributed by atoms with Crippen LogP contribution in [0.5, 0.6) is 11.5 Å². The minimum atomic E-state index is -0.309. The average molecular weight is 528 g/mol. The van der Waals surface area contributed by atoms with Gasteiger partial charge in [-0.1, -0.05) is 12.1 Å². The highest BCUT2D eigenvalue weighted by Gasteiger charge is 2.25. The first-order valence-electron chi connectivity index (χ1n) is 12.5. The Morgan fingerprint density at radius 2 is 1.90 bits per heavy atom. The predicted molar refractivity (Wildman–Crippen MR) is 151 cm³/mol. The van der Waals surface area contributed by atoms with E-state index in [9.17, 15) is 4.79 Å². The highest BCUT2D eigenvalue weighted by atomic mass is 16.6. The van der Waals surface area contributed by atoms with Crippen LogP contribution in [0.4, 0.5) is 17.5 Å². The van der Waals surface area contributed by atoms with E-state index in [0.29, 0.717) is 63.9 Å². The summed E-state index contributed by atoms with van der Waals surface area (Å²) in [5.41, 5.74) is 15.0. The van der Waals surface area contributed by atoms with Gasteiger partial charge in [0.25, 0.3) is 5.56 Å². The summed E-state index contributed by atoms with van der Waals surface area (Å²) in [6.07, 6.45) is 1.42. The first-order chi connectivity index (χ1) is 18.8. The van der Waals surface area contributed by atoms with Crippen LogP contribution in [0.15, 0.2) is 53.5 Å². The first-order valence-corrected chi connectivity index (χ1v) is 12.5. The van der Waals surface area contributed by atoms with Gasteiger partial charge in [0.15, 0.2) is 29.1 Å². The Balaban J connectivity index is 1.39. The molecular weight excluding hydrogens is 498 g/mol. The number of nitrogens with one attached hydrogen (secondary N) is 1. The van der Waals surface area contributed by atoms with Crippen LogP contribution in [0.25, 0.3) is 27.6 Å². The number of anilines is 3. The van der Waals surface area contributed by atoms with Crippen molar-refractivity contribution >= 4 is 39.4 Å². The van der Waals surface area contributed by atoms with Gasteiger partial charge in [-0.05, 0) is 43.9 Å². The molecule has 1 atom stereocenters. The molecule has 2 aromatic carbocycles. The summed E-state index contributed by atoms with van der Waals surface area (Å²) in [6, 6.07) is 13.1. The van der Waals surface area contributed by atoms with Crippen molar-refractivity contribution in [3.63, 3.8) is 0 Å². The molecule has 0 radical (unpaired) electrons. The summed E-state index contributed by atoms with van der Waals surface area (Å²) >= 11 is 0. The number of nitrogen functional groups attached to an aromatic ring is 2. The van der Waals surface area contributed by atoms with Crippen molar-refractivity contribution < 1.29 is 9.47 Å². The Kier molecular flexibility index (Phi) is 5.95. The molecule has 4 heterocycles. The number of hydrogen-bond acceptors (Lipinski definition) is 10. The molecule has 0 saturated heterocycles. The fourth-order valence-electron chi connectivity index (χ4n) is 4.83. The van der Waals surface area contributed by atoms with Crippen LogP contribution in [-0.4, -0.2) is 70.0 Å². The van der Waals surface area contributed by atoms with Crippen LogP contribution >= 0.6 is 0 Å². The summed E-state index contributed by atoms with van der Waals surface area (Å²) in [5, 5.41) is 7.89. The van der Waals surface area contributed by atoms with Crippen LogP contribution in [0.1, 0.15) is 5.56 Å². The molecule has 5 aromatic rings. The molecule has 12 nitrogen and oxygen atoms in total. The normalized spacial score (nSPS) is 14.8. The van der Waals surface area contributed by atoms with Crippen molar-refractivity contribution in [1.29, 1.82) is 0 Å². The van der Waals surface area contributed by atoms with Crippen molar-refractivity contribution in [2.24, 2.45) is 0 Å². The topological polar surface area (TPSA) is 153 Å². The van der Waals surface area contributed by atoms with Gasteiger partial charge < -0.3 is 30.7 Å². The van der Waals surface area contributed by atoms with Gasteiger partial charge in [0, 0.05) is 31.5 Å². The van der Waals surface area contributed by atoms with Gasteiger partial charge >= 0.3 is 0 Å². The SMILES string of the molecule is CN(C)Cc1ccc(-n2c(=O)c3c(N)n[nH]c3c3cnc(N(C)CC4COc5cc(N)ccc5O4)nc32)cc1. The number of nitrogens with zero attached hydrogens (tertiary/aromatic N) is 6. The number of benzene rings is 2. The molecule has 12 heteroatoms. The lowest BCUT2D eigenvalue weighted by molar-refractivity contribution is 0.0959. The molecule has 1 aliphatic heterocycles. The number of hydrogen-bond donors (Lipinski definition) is 3. The second kappa shape index (κ2) is 9.48. The fraction of sp³-hybridized carbons (Fsp3) is 0.259. The fourth-order valence-corrected chi connectivity index (χ4v) is 4.83. The van der Waals surface area contributed by atoms with Gasteiger partial charge in [-0.25, -0.2) is 4.98 Å². The van der Waals surface area contributed by atoms with Crippen molar-refractivity contribution in [1.82, 2.24) is 29.6 Å². The zero-order valence-electron chi connectivity index (χ0n) is 21.9. The maximum Gasteiger partial charge on any atom is 0.270 e. The summed E-state index contributed by atoms with van der Waals surface area (Å²) in [7, 11) is 5.89. The van der Waals surface area contributed by atoms with Crippen LogP contribution < -0.4 is 31.4 Å². The van der Waals surface area contributed by atoms with Crippen LogP contribution in [0.2, 0.25) is 0 Å². The monoisotopic (exact) mass is 527 g/mol. The van der Waals surface area contributed by atoms with E-state index in [1.807, 2.05) is 50.3 Å². The third kappa shape index (κ3) is 4.44. The van der Waals surface area contributed by atoms with E-state index in [1.165, 1.54) is 0 Å². The van der Waals surface area contributed by atoms with E-state index in [1.54, 1.807) is 29.0 Å². The maximum atomic E-state index is 13.7. The van der Waals surface area contributed by atoms with E-state index in [2.05, 4.69) is 20.1 Å². The molecular formula is C27H29N9O3. The summed E-state index contributed by atoms with van der Waals surface area (Å²) in [4.78, 5) is 27.1. The van der Waals surface area contributed by atoms with E-state index < -0.39 is 0 Å². The molecule has 0 amide bonds. The van der Waals surface area contributed by atoms with Crippen molar-refractivity contribution in [3.8, 4) is 17.2 Å². The molecule has 0 aliphatic carbocycles. The Bertz CT molecular complexity index is 1740. The van der Waals surface area contributed by atoms with Gasteiger partial charge in [0.2, 0.25) is 5.95 Å². The molecule has 3 aromatic heterocycles. The average Bonchev–Trinajstić information content (AvgIpc) is 3.31. The molecule has 0 spiro atoms. The number of ether oxygens (including phenoxy) is 2. The van der Waals surface area contributed by atoms with Crippen LogP contribution in [0.3, 0.4) is 0 Å². The number of nitrogens with two attached hydrogens (primary N) is 2. The maximum absolute atomic E-state index is 13.7.